The van der Waals surface area contributed by atoms with E-state index < -0.39 is 5.97 Å². The number of nitrogens with zero attached hydrogens (tertiary/aromatic N) is 2. The van der Waals surface area contributed by atoms with Crippen molar-refractivity contribution in [3.05, 3.63) is 47.4 Å². The van der Waals surface area contributed by atoms with E-state index in [1.54, 1.807) is 18.2 Å². The molecule has 1 fully saturated rings. The zero-order chi connectivity index (χ0) is 24.7. The highest BCUT2D eigenvalue weighted by molar-refractivity contribution is 6.09. The number of anilines is 3. The minimum atomic E-state index is -0.552. The number of carbonyl (C=O) groups is 1. The second-order valence-corrected chi connectivity index (χ2v) is 8.85. The Hall–Kier alpha value is -3.00. The van der Waals surface area contributed by atoms with Gasteiger partial charge < -0.3 is 25.1 Å². The van der Waals surface area contributed by atoms with Gasteiger partial charge in [0, 0.05) is 31.1 Å². The highest BCUT2D eigenvalue weighted by atomic mass is 19.1. The van der Waals surface area contributed by atoms with Crippen molar-refractivity contribution in [2.24, 2.45) is 5.92 Å². The van der Waals surface area contributed by atoms with E-state index in [0.29, 0.717) is 22.8 Å². The lowest BCUT2D eigenvalue weighted by Gasteiger charge is -2.35. The van der Waals surface area contributed by atoms with Gasteiger partial charge in [-0.05, 0) is 55.5 Å². The number of benzene rings is 1. The van der Waals surface area contributed by atoms with Gasteiger partial charge >= 0.3 is 5.97 Å². The molecular weight excluding hydrogens is 435 g/mol. The van der Waals surface area contributed by atoms with Crippen LogP contribution in [-0.4, -0.2) is 49.6 Å². The Labute approximate surface area is 201 Å². The molecule has 8 heteroatoms. The number of pyridine rings is 1. The molecule has 0 amide bonds. The predicted octanol–water partition coefficient (Wildman–Crippen LogP) is 5.56. The van der Waals surface area contributed by atoms with E-state index >= 15 is 0 Å². The number of esters is 1. The second-order valence-electron chi connectivity index (χ2n) is 8.85. The lowest BCUT2D eigenvalue weighted by Crippen LogP contribution is -2.38. The summed E-state index contributed by atoms with van der Waals surface area (Å²) in [7, 11) is 1.32. The van der Waals surface area contributed by atoms with Gasteiger partial charge in [0.1, 0.15) is 11.6 Å². The summed E-state index contributed by atoms with van der Waals surface area (Å²) in [6.45, 7) is 8.33. The molecule has 1 aliphatic rings. The van der Waals surface area contributed by atoms with E-state index in [0.717, 1.165) is 51.1 Å². The lowest BCUT2D eigenvalue weighted by molar-refractivity contribution is 0.0354. The molecule has 0 atom stereocenters. The van der Waals surface area contributed by atoms with E-state index in [9.17, 15) is 9.18 Å². The summed E-state index contributed by atoms with van der Waals surface area (Å²) in [5.41, 5.74) is 2.58. The Morgan fingerprint density at radius 3 is 2.53 bits per heavy atom. The molecule has 184 valence electrons. The number of ether oxygens (including phenoxy) is 2. The minimum absolute atomic E-state index is 0.0618. The molecular formula is C26H35FN4O3. The third kappa shape index (κ3) is 6.32. The highest BCUT2D eigenvalue weighted by Crippen LogP contribution is 2.34. The highest BCUT2D eigenvalue weighted by Gasteiger charge is 2.28. The molecule has 1 aliphatic heterocycles. The smallest absolute Gasteiger partial charge is 0.356 e. The summed E-state index contributed by atoms with van der Waals surface area (Å²) in [6.07, 6.45) is 4.12. The van der Waals surface area contributed by atoms with Crippen molar-refractivity contribution >= 4 is 28.9 Å². The van der Waals surface area contributed by atoms with Gasteiger partial charge in [-0.15, -0.1) is 0 Å². The molecule has 3 rings (SSSR count). The van der Waals surface area contributed by atoms with Gasteiger partial charge in [-0.2, -0.15) is 0 Å². The van der Waals surface area contributed by atoms with Crippen LogP contribution in [0.25, 0.3) is 0 Å². The average molecular weight is 471 g/mol. The minimum Gasteiger partial charge on any atom is -0.464 e. The van der Waals surface area contributed by atoms with E-state index in [4.69, 9.17) is 14.9 Å². The van der Waals surface area contributed by atoms with Crippen molar-refractivity contribution in [3.8, 4) is 0 Å². The molecule has 2 heterocycles. The topological polar surface area (TPSA) is 87.5 Å². The van der Waals surface area contributed by atoms with Gasteiger partial charge in [0.15, 0.2) is 5.69 Å². The van der Waals surface area contributed by atoms with Crippen molar-refractivity contribution < 1.29 is 18.7 Å². The predicted molar refractivity (Wildman–Crippen MR) is 133 cm³/mol. The molecule has 0 spiro atoms. The Morgan fingerprint density at radius 2 is 1.94 bits per heavy atom. The summed E-state index contributed by atoms with van der Waals surface area (Å²) in [6, 6.07) is 7.62. The van der Waals surface area contributed by atoms with Crippen LogP contribution in [0.4, 0.5) is 21.6 Å². The third-order valence-corrected chi connectivity index (χ3v) is 5.98. The molecule has 1 saturated heterocycles. The molecule has 0 bridgehead atoms. The zero-order valence-corrected chi connectivity index (χ0v) is 20.5. The third-order valence-electron chi connectivity index (χ3n) is 5.98. The van der Waals surface area contributed by atoms with E-state index in [2.05, 4.69) is 22.1 Å². The van der Waals surface area contributed by atoms with Crippen molar-refractivity contribution in [3.63, 3.8) is 0 Å². The number of aromatic nitrogens is 1. The van der Waals surface area contributed by atoms with Crippen molar-refractivity contribution in [2.75, 3.05) is 37.0 Å². The van der Waals surface area contributed by atoms with Gasteiger partial charge in [-0.3, -0.25) is 0 Å². The fourth-order valence-corrected chi connectivity index (χ4v) is 3.96. The van der Waals surface area contributed by atoms with Crippen LogP contribution < -0.4 is 10.2 Å². The summed E-state index contributed by atoms with van der Waals surface area (Å²) in [5, 5.41) is 12.1. The van der Waals surface area contributed by atoms with Gasteiger partial charge in [-0.1, -0.05) is 27.2 Å². The summed E-state index contributed by atoms with van der Waals surface area (Å²) >= 11 is 0. The molecule has 1 aromatic heterocycles. The standard InChI is InChI=1S/C26H35FN4O3/c1-5-6-15-34-20-11-13-31(14-12-20)22-16-21(26(32)33-4)30-25(23(22)24(28)17(2)3)29-19-9-7-18(27)8-10-19/h7-10,16-17,20,28H,5-6,11-15H2,1-4H3,(H,29,30). The van der Waals surface area contributed by atoms with Crippen LogP contribution >= 0.6 is 0 Å². The van der Waals surface area contributed by atoms with E-state index in [-0.39, 0.29) is 23.5 Å². The normalized spacial score (nSPS) is 14.4. The maximum Gasteiger partial charge on any atom is 0.356 e. The second kappa shape index (κ2) is 11.9. The first kappa shape index (κ1) is 25.6. The molecule has 0 aliphatic carbocycles. The number of rotatable bonds is 10. The average Bonchev–Trinajstić information content (AvgIpc) is 2.84. The number of hydrogen-bond acceptors (Lipinski definition) is 7. The van der Waals surface area contributed by atoms with Crippen LogP contribution in [-0.2, 0) is 9.47 Å². The van der Waals surface area contributed by atoms with Gasteiger partial charge in [0.05, 0.1) is 24.5 Å². The Morgan fingerprint density at radius 1 is 1.26 bits per heavy atom. The zero-order valence-electron chi connectivity index (χ0n) is 20.5. The van der Waals surface area contributed by atoms with Crippen LogP contribution in [0.5, 0.6) is 0 Å². The van der Waals surface area contributed by atoms with Crippen LogP contribution in [0, 0.1) is 17.1 Å². The Kier molecular flexibility index (Phi) is 8.98. The van der Waals surface area contributed by atoms with Crippen LogP contribution in [0.15, 0.2) is 30.3 Å². The molecule has 2 N–H and O–H groups in total. The SMILES string of the molecule is CCCCOC1CCN(c2cc(C(=O)OC)nc(Nc3ccc(F)cc3)c2C(=N)C(C)C)CC1. The fourth-order valence-electron chi connectivity index (χ4n) is 3.96. The first-order chi connectivity index (χ1) is 16.3. The van der Waals surface area contributed by atoms with Crippen LogP contribution in [0.3, 0.4) is 0 Å². The van der Waals surface area contributed by atoms with Gasteiger partial charge in [-0.25, -0.2) is 14.2 Å². The summed E-state index contributed by atoms with van der Waals surface area (Å²) < 4.78 is 24.4. The number of nitrogens with one attached hydrogen (secondary N) is 2. The summed E-state index contributed by atoms with van der Waals surface area (Å²) in [4.78, 5) is 19.2. The number of hydrogen-bond donors (Lipinski definition) is 2. The fraction of sp³-hybridized carbons (Fsp3) is 0.500. The molecule has 7 nitrogen and oxygen atoms in total. The largest absolute Gasteiger partial charge is 0.464 e. The quantitative estimate of drug-likeness (QED) is 0.269. The molecule has 0 saturated carbocycles. The maximum atomic E-state index is 13.4. The van der Waals surface area contributed by atoms with Crippen LogP contribution in [0.2, 0.25) is 0 Å². The number of piperidine rings is 1. The number of halogens is 1. The van der Waals surface area contributed by atoms with Crippen molar-refractivity contribution in [2.45, 2.75) is 52.6 Å². The Bertz CT molecular complexity index is 986. The van der Waals surface area contributed by atoms with E-state index in [1.807, 2.05) is 13.8 Å². The summed E-state index contributed by atoms with van der Waals surface area (Å²) in [5.74, 6) is -0.580. The monoisotopic (exact) mass is 470 g/mol. The number of unbranched alkanes of at least 4 members (excludes halogenated alkanes) is 1. The molecule has 0 unspecified atom stereocenters. The first-order valence-electron chi connectivity index (χ1n) is 11.9. The number of methoxy groups -OCH3 is 1. The lowest BCUT2D eigenvalue weighted by atomic mass is 9.96. The van der Waals surface area contributed by atoms with E-state index in [1.165, 1.54) is 19.2 Å². The first-order valence-corrected chi connectivity index (χ1v) is 11.9. The van der Waals surface area contributed by atoms with Crippen molar-refractivity contribution in [1.82, 2.24) is 4.98 Å². The van der Waals surface area contributed by atoms with Crippen LogP contribution in [0.1, 0.15) is 62.5 Å². The molecule has 1 aromatic carbocycles. The molecule has 2 aromatic rings. The number of carbonyl (C=O) groups excluding carboxylic acids is 1. The van der Waals surface area contributed by atoms with Gasteiger partial charge in [0.25, 0.3) is 0 Å². The molecule has 34 heavy (non-hydrogen) atoms. The van der Waals surface area contributed by atoms with Crippen molar-refractivity contribution in [1.29, 1.82) is 5.41 Å². The Balaban J connectivity index is 1.99. The maximum absolute atomic E-state index is 13.4. The van der Waals surface area contributed by atoms with Gasteiger partial charge in [0.2, 0.25) is 0 Å². The molecule has 0 radical (unpaired) electrons.